The molecule has 1 amide bonds. The van der Waals surface area contributed by atoms with Gasteiger partial charge in [-0.1, -0.05) is 6.07 Å². The lowest BCUT2D eigenvalue weighted by Gasteiger charge is -2.33. The van der Waals surface area contributed by atoms with Crippen LogP contribution in [-0.4, -0.2) is 35.6 Å². The van der Waals surface area contributed by atoms with Crippen LogP contribution < -0.4 is 15.0 Å². The number of hydrogen-bond acceptors (Lipinski definition) is 5. The standard InChI is InChI=1S/C16H17FN4O2/c1-9-7-12(20-16(18-3)19-9)15(22)21-8-10(2)23-14-11(17)5-4-6-13(14)21/h4-7,10H,8H2,1-3H3,(H,18,19,20). The highest BCUT2D eigenvalue weighted by Crippen LogP contribution is 2.36. The first kappa shape index (κ1) is 15.2. The summed E-state index contributed by atoms with van der Waals surface area (Å²) in [6.07, 6.45) is -0.310. The molecule has 120 valence electrons. The van der Waals surface area contributed by atoms with Gasteiger partial charge in [-0.25, -0.2) is 14.4 Å². The van der Waals surface area contributed by atoms with Gasteiger partial charge in [-0.3, -0.25) is 9.69 Å². The lowest BCUT2D eigenvalue weighted by atomic mass is 10.1. The molecule has 1 aromatic carbocycles. The van der Waals surface area contributed by atoms with Crippen LogP contribution in [0.1, 0.15) is 23.1 Å². The van der Waals surface area contributed by atoms with Gasteiger partial charge in [-0.2, -0.15) is 0 Å². The predicted octanol–water partition coefficient (Wildman–Crippen LogP) is 2.39. The first-order valence-corrected chi connectivity index (χ1v) is 7.30. The molecule has 1 aromatic heterocycles. The van der Waals surface area contributed by atoms with E-state index in [4.69, 9.17) is 4.74 Å². The fourth-order valence-corrected chi connectivity index (χ4v) is 2.54. The van der Waals surface area contributed by atoms with E-state index in [0.29, 0.717) is 23.9 Å². The highest BCUT2D eigenvalue weighted by molar-refractivity contribution is 6.06. The predicted molar refractivity (Wildman–Crippen MR) is 84.5 cm³/mol. The average molecular weight is 316 g/mol. The monoisotopic (exact) mass is 316 g/mol. The van der Waals surface area contributed by atoms with Gasteiger partial charge in [0.05, 0.1) is 12.2 Å². The van der Waals surface area contributed by atoms with Crippen molar-refractivity contribution in [1.29, 1.82) is 0 Å². The number of amides is 1. The van der Waals surface area contributed by atoms with Crippen LogP contribution in [0.25, 0.3) is 0 Å². The van der Waals surface area contributed by atoms with E-state index in [0.717, 1.165) is 0 Å². The third-order valence-electron chi connectivity index (χ3n) is 3.54. The molecular weight excluding hydrogens is 299 g/mol. The molecule has 23 heavy (non-hydrogen) atoms. The van der Waals surface area contributed by atoms with E-state index in [9.17, 15) is 9.18 Å². The van der Waals surface area contributed by atoms with E-state index in [-0.39, 0.29) is 23.5 Å². The van der Waals surface area contributed by atoms with Gasteiger partial charge in [-0.05, 0) is 32.0 Å². The van der Waals surface area contributed by atoms with Gasteiger partial charge in [0.2, 0.25) is 5.95 Å². The molecule has 0 spiro atoms. The van der Waals surface area contributed by atoms with Gasteiger partial charge in [0.25, 0.3) is 5.91 Å². The molecule has 0 fully saturated rings. The highest BCUT2D eigenvalue weighted by atomic mass is 19.1. The number of benzene rings is 1. The summed E-state index contributed by atoms with van der Waals surface area (Å²) in [4.78, 5) is 22.7. The molecule has 1 unspecified atom stereocenters. The number of fused-ring (bicyclic) bond motifs is 1. The molecule has 7 heteroatoms. The number of aryl methyl sites for hydroxylation is 1. The summed E-state index contributed by atoms with van der Waals surface area (Å²) in [6.45, 7) is 3.90. The van der Waals surface area contributed by atoms with Crippen LogP contribution in [0.4, 0.5) is 16.0 Å². The SMILES string of the molecule is CNc1nc(C)cc(C(=O)N2CC(C)Oc3c(F)cccc32)n1. The quantitative estimate of drug-likeness (QED) is 0.921. The first-order chi connectivity index (χ1) is 11.0. The van der Waals surface area contributed by atoms with Gasteiger partial charge in [0.1, 0.15) is 11.8 Å². The van der Waals surface area contributed by atoms with E-state index in [1.807, 2.05) is 0 Å². The fourth-order valence-electron chi connectivity index (χ4n) is 2.54. The highest BCUT2D eigenvalue weighted by Gasteiger charge is 2.31. The molecule has 0 bridgehead atoms. The summed E-state index contributed by atoms with van der Waals surface area (Å²) in [6, 6.07) is 6.14. The molecule has 0 saturated carbocycles. The van der Waals surface area contributed by atoms with Crippen LogP contribution in [-0.2, 0) is 0 Å². The second kappa shape index (κ2) is 5.83. The summed E-state index contributed by atoms with van der Waals surface area (Å²) in [5, 5.41) is 2.83. The molecule has 2 heterocycles. The normalized spacial score (nSPS) is 16.5. The molecule has 0 radical (unpaired) electrons. The maximum Gasteiger partial charge on any atom is 0.277 e. The lowest BCUT2D eigenvalue weighted by molar-refractivity contribution is 0.0954. The van der Waals surface area contributed by atoms with E-state index in [1.165, 1.54) is 11.0 Å². The van der Waals surface area contributed by atoms with E-state index in [1.54, 1.807) is 39.1 Å². The van der Waals surface area contributed by atoms with Crippen molar-refractivity contribution in [3.05, 3.63) is 41.5 Å². The second-order valence-electron chi connectivity index (χ2n) is 5.40. The van der Waals surface area contributed by atoms with Crippen LogP contribution >= 0.6 is 0 Å². The number of carbonyl (C=O) groups excluding carboxylic acids is 1. The molecule has 1 aliphatic rings. The Morgan fingerprint density at radius 2 is 2.22 bits per heavy atom. The van der Waals surface area contributed by atoms with E-state index in [2.05, 4.69) is 15.3 Å². The Bertz CT molecular complexity index is 766. The Labute approximate surface area is 133 Å². The second-order valence-corrected chi connectivity index (χ2v) is 5.40. The molecule has 6 nitrogen and oxygen atoms in total. The maximum absolute atomic E-state index is 14.0. The lowest BCUT2D eigenvalue weighted by Crippen LogP contribution is -2.43. The minimum atomic E-state index is -0.485. The zero-order chi connectivity index (χ0) is 16.6. The van der Waals surface area contributed by atoms with Crippen molar-refractivity contribution in [3.63, 3.8) is 0 Å². The number of nitrogens with one attached hydrogen (secondary N) is 1. The van der Waals surface area contributed by atoms with Crippen molar-refractivity contribution in [2.45, 2.75) is 20.0 Å². The largest absolute Gasteiger partial charge is 0.484 e. The molecule has 1 atom stereocenters. The van der Waals surface area contributed by atoms with E-state index < -0.39 is 5.82 Å². The Morgan fingerprint density at radius 1 is 1.43 bits per heavy atom. The number of ether oxygens (including phenoxy) is 1. The zero-order valence-corrected chi connectivity index (χ0v) is 13.1. The van der Waals surface area contributed by atoms with Gasteiger partial charge in [0.15, 0.2) is 11.6 Å². The van der Waals surface area contributed by atoms with Crippen LogP contribution in [0, 0.1) is 12.7 Å². The number of para-hydroxylation sites is 1. The number of rotatable bonds is 2. The molecule has 0 saturated heterocycles. The summed E-state index contributed by atoms with van der Waals surface area (Å²) >= 11 is 0. The smallest absolute Gasteiger partial charge is 0.277 e. The van der Waals surface area contributed by atoms with Crippen molar-refractivity contribution in [2.75, 3.05) is 23.8 Å². The summed E-state index contributed by atoms with van der Waals surface area (Å²) < 4.78 is 19.5. The Hall–Kier alpha value is -2.70. The fraction of sp³-hybridized carbons (Fsp3) is 0.312. The van der Waals surface area contributed by atoms with Crippen molar-refractivity contribution in [3.8, 4) is 5.75 Å². The molecule has 2 aromatic rings. The number of aromatic nitrogens is 2. The molecule has 3 rings (SSSR count). The Kier molecular flexibility index (Phi) is 3.85. The number of halogens is 1. The van der Waals surface area contributed by atoms with Gasteiger partial charge in [0, 0.05) is 12.7 Å². The number of hydrogen-bond donors (Lipinski definition) is 1. The Morgan fingerprint density at radius 3 is 2.96 bits per heavy atom. The van der Waals surface area contributed by atoms with Gasteiger partial charge in [-0.15, -0.1) is 0 Å². The Balaban J connectivity index is 2.04. The molecular formula is C16H17FN4O2. The van der Waals surface area contributed by atoms with E-state index >= 15 is 0 Å². The van der Waals surface area contributed by atoms with Crippen molar-refractivity contribution >= 4 is 17.5 Å². The average Bonchev–Trinajstić information content (AvgIpc) is 2.53. The number of carbonyl (C=O) groups is 1. The molecule has 1 N–H and O–H groups in total. The maximum atomic E-state index is 14.0. The number of anilines is 2. The van der Waals surface area contributed by atoms with Gasteiger partial charge < -0.3 is 10.1 Å². The van der Waals surface area contributed by atoms with Crippen LogP contribution in [0.3, 0.4) is 0 Å². The van der Waals surface area contributed by atoms with Crippen LogP contribution in [0.2, 0.25) is 0 Å². The summed E-state index contributed by atoms with van der Waals surface area (Å²) in [7, 11) is 1.69. The van der Waals surface area contributed by atoms with Crippen molar-refractivity contribution in [2.24, 2.45) is 0 Å². The topological polar surface area (TPSA) is 67.4 Å². The zero-order valence-electron chi connectivity index (χ0n) is 13.1. The third-order valence-corrected chi connectivity index (χ3v) is 3.54. The van der Waals surface area contributed by atoms with Crippen molar-refractivity contribution in [1.82, 2.24) is 9.97 Å². The van der Waals surface area contributed by atoms with Crippen LogP contribution in [0.15, 0.2) is 24.3 Å². The minimum absolute atomic E-state index is 0.0965. The van der Waals surface area contributed by atoms with Crippen molar-refractivity contribution < 1.29 is 13.9 Å². The summed E-state index contributed by atoms with van der Waals surface area (Å²) in [5.41, 5.74) is 1.34. The molecule has 1 aliphatic heterocycles. The van der Waals surface area contributed by atoms with Gasteiger partial charge >= 0.3 is 0 Å². The number of nitrogens with zero attached hydrogens (tertiary/aromatic N) is 3. The first-order valence-electron chi connectivity index (χ1n) is 7.30. The van der Waals surface area contributed by atoms with Crippen LogP contribution in [0.5, 0.6) is 5.75 Å². The summed E-state index contributed by atoms with van der Waals surface area (Å²) in [5.74, 6) is -0.330. The molecule has 0 aliphatic carbocycles. The third kappa shape index (κ3) is 2.81. The minimum Gasteiger partial charge on any atom is -0.484 e.